The first-order chi connectivity index (χ1) is 13.9. The highest BCUT2D eigenvalue weighted by Gasteiger charge is 2.15. The summed E-state index contributed by atoms with van der Waals surface area (Å²) in [5.41, 5.74) is 2.67. The third-order valence-corrected chi connectivity index (χ3v) is 4.36. The van der Waals surface area contributed by atoms with Crippen LogP contribution in [-0.4, -0.2) is 34.2 Å². The van der Waals surface area contributed by atoms with Gasteiger partial charge in [-0.1, -0.05) is 41.4 Å². The highest BCUT2D eigenvalue weighted by molar-refractivity contribution is 6.33. The third kappa shape index (κ3) is 5.26. The Kier molecular flexibility index (Phi) is 6.36. The molecule has 1 N–H and O–H groups in total. The van der Waals surface area contributed by atoms with Crippen molar-refractivity contribution in [2.45, 2.75) is 6.92 Å². The number of nitro benzene ring substituents is 1. The van der Waals surface area contributed by atoms with Gasteiger partial charge >= 0.3 is 0 Å². The third-order valence-electron chi connectivity index (χ3n) is 4.03. The van der Waals surface area contributed by atoms with Crippen molar-refractivity contribution in [2.24, 2.45) is 0 Å². The van der Waals surface area contributed by atoms with Gasteiger partial charge in [-0.15, -0.1) is 10.2 Å². The molecule has 8 nitrogen and oxygen atoms in total. The number of nitrogens with zero attached hydrogens (tertiary/aromatic N) is 3. The van der Waals surface area contributed by atoms with Gasteiger partial charge in [-0.3, -0.25) is 14.9 Å². The van der Waals surface area contributed by atoms with E-state index in [-0.39, 0.29) is 29.4 Å². The maximum Gasteiger partial charge on any atom is 0.270 e. The Morgan fingerprint density at radius 3 is 2.55 bits per heavy atom. The molecule has 3 aromatic rings. The molecule has 0 spiro atoms. The highest BCUT2D eigenvalue weighted by atomic mass is 35.5. The lowest BCUT2D eigenvalue weighted by atomic mass is 10.1. The molecular formula is C20H17ClN4O4. The quantitative estimate of drug-likeness (QED) is 0.359. The number of carbonyl (C=O) groups excluding carboxylic acids is 1. The van der Waals surface area contributed by atoms with Crippen LogP contribution in [0.25, 0.3) is 11.3 Å². The fourth-order valence-corrected chi connectivity index (χ4v) is 2.69. The summed E-state index contributed by atoms with van der Waals surface area (Å²) in [6, 6.07) is 15.1. The average Bonchev–Trinajstić information content (AvgIpc) is 2.72. The lowest BCUT2D eigenvalue weighted by molar-refractivity contribution is -0.384. The number of hydrogen-bond acceptors (Lipinski definition) is 6. The Bertz CT molecular complexity index is 1020. The molecule has 1 heterocycles. The average molecular weight is 413 g/mol. The van der Waals surface area contributed by atoms with E-state index < -0.39 is 10.8 Å². The Labute approximate surface area is 171 Å². The molecule has 0 saturated carbocycles. The van der Waals surface area contributed by atoms with Crippen LogP contribution < -0.4 is 10.1 Å². The molecule has 0 atom stereocenters. The number of benzene rings is 2. The van der Waals surface area contributed by atoms with Crippen molar-refractivity contribution in [3.05, 3.63) is 80.9 Å². The number of ether oxygens (including phenoxy) is 1. The molecular weight excluding hydrogens is 396 g/mol. The molecule has 0 radical (unpaired) electrons. The monoisotopic (exact) mass is 412 g/mol. The van der Waals surface area contributed by atoms with Crippen LogP contribution >= 0.6 is 11.6 Å². The molecule has 0 saturated heterocycles. The van der Waals surface area contributed by atoms with Crippen molar-refractivity contribution >= 4 is 23.2 Å². The van der Waals surface area contributed by atoms with Crippen molar-refractivity contribution in [1.29, 1.82) is 0 Å². The van der Waals surface area contributed by atoms with Gasteiger partial charge in [-0.2, -0.15) is 0 Å². The van der Waals surface area contributed by atoms with Gasteiger partial charge in [0.15, 0.2) is 0 Å². The molecule has 2 aromatic carbocycles. The lowest BCUT2D eigenvalue weighted by Gasteiger charge is -2.08. The Morgan fingerprint density at radius 2 is 1.90 bits per heavy atom. The van der Waals surface area contributed by atoms with Gasteiger partial charge in [0.05, 0.1) is 27.7 Å². The number of aryl methyl sites for hydroxylation is 1. The van der Waals surface area contributed by atoms with Crippen LogP contribution in [0.2, 0.25) is 5.02 Å². The maximum absolute atomic E-state index is 12.2. The zero-order valence-electron chi connectivity index (χ0n) is 15.5. The van der Waals surface area contributed by atoms with Crippen LogP contribution in [0.1, 0.15) is 15.9 Å². The van der Waals surface area contributed by atoms with Gasteiger partial charge in [0, 0.05) is 23.8 Å². The van der Waals surface area contributed by atoms with Crippen molar-refractivity contribution < 1.29 is 14.5 Å². The van der Waals surface area contributed by atoms with Crippen LogP contribution in [0.15, 0.2) is 54.6 Å². The van der Waals surface area contributed by atoms with Crippen LogP contribution in [0.4, 0.5) is 5.69 Å². The largest absolute Gasteiger partial charge is 0.475 e. The number of aromatic nitrogens is 2. The molecule has 3 rings (SSSR count). The Morgan fingerprint density at radius 1 is 1.14 bits per heavy atom. The summed E-state index contributed by atoms with van der Waals surface area (Å²) in [5.74, 6) is -0.202. The second-order valence-electron chi connectivity index (χ2n) is 6.15. The molecule has 0 aliphatic rings. The van der Waals surface area contributed by atoms with Gasteiger partial charge in [0.25, 0.3) is 11.6 Å². The van der Waals surface area contributed by atoms with Crippen LogP contribution in [0.3, 0.4) is 0 Å². The molecule has 0 unspecified atom stereocenters. The number of halogens is 1. The normalized spacial score (nSPS) is 10.4. The summed E-state index contributed by atoms with van der Waals surface area (Å²) in [5, 5.41) is 21.7. The van der Waals surface area contributed by atoms with E-state index in [1.165, 1.54) is 12.1 Å². The van der Waals surface area contributed by atoms with E-state index in [0.717, 1.165) is 22.9 Å². The van der Waals surface area contributed by atoms with Crippen molar-refractivity contribution in [2.75, 3.05) is 13.2 Å². The second-order valence-corrected chi connectivity index (χ2v) is 6.56. The van der Waals surface area contributed by atoms with Gasteiger partial charge in [-0.25, -0.2) is 0 Å². The van der Waals surface area contributed by atoms with Gasteiger partial charge < -0.3 is 10.1 Å². The standard InChI is InChI=1S/C20H17ClN4O4/c1-13-2-4-14(5-3-13)18-8-9-19(24-23-18)29-11-10-22-20(26)16-12-15(25(27)28)6-7-17(16)21/h2-9,12H,10-11H2,1H3,(H,22,26). The summed E-state index contributed by atoms with van der Waals surface area (Å²) in [7, 11) is 0. The molecule has 0 fully saturated rings. The van der Waals surface area contributed by atoms with Crippen molar-refractivity contribution in [3.63, 3.8) is 0 Å². The minimum absolute atomic E-state index is 0.0307. The highest BCUT2D eigenvalue weighted by Crippen LogP contribution is 2.22. The smallest absolute Gasteiger partial charge is 0.270 e. The molecule has 148 valence electrons. The van der Waals surface area contributed by atoms with Crippen LogP contribution in [0.5, 0.6) is 5.88 Å². The topological polar surface area (TPSA) is 107 Å². The molecule has 1 amide bonds. The first-order valence-electron chi connectivity index (χ1n) is 8.70. The number of nitrogens with one attached hydrogen (secondary N) is 1. The number of nitro groups is 1. The van der Waals surface area contributed by atoms with E-state index in [0.29, 0.717) is 5.88 Å². The fourth-order valence-electron chi connectivity index (χ4n) is 2.49. The number of hydrogen-bond donors (Lipinski definition) is 1. The zero-order chi connectivity index (χ0) is 20.8. The summed E-state index contributed by atoms with van der Waals surface area (Å²) >= 11 is 5.95. The maximum atomic E-state index is 12.2. The van der Waals surface area contributed by atoms with E-state index in [4.69, 9.17) is 16.3 Å². The molecule has 29 heavy (non-hydrogen) atoms. The summed E-state index contributed by atoms with van der Waals surface area (Å²) < 4.78 is 5.46. The van der Waals surface area contributed by atoms with Crippen LogP contribution in [-0.2, 0) is 0 Å². The Hall–Kier alpha value is -3.52. The van der Waals surface area contributed by atoms with E-state index in [2.05, 4.69) is 15.5 Å². The van der Waals surface area contributed by atoms with E-state index in [9.17, 15) is 14.9 Å². The number of rotatable bonds is 7. The first-order valence-corrected chi connectivity index (χ1v) is 9.07. The van der Waals surface area contributed by atoms with E-state index >= 15 is 0 Å². The predicted molar refractivity (Wildman–Crippen MR) is 108 cm³/mol. The summed E-state index contributed by atoms with van der Waals surface area (Å²) in [4.78, 5) is 22.4. The predicted octanol–water partition coefficient (Wildman–Crippen LogP) is 3.82. The van der Waals surface area contributed by atoms with Crippen molar-refractivity contribution in [3.8, 4) is 17.1 Å². The van der Waals surface area contributed by atoms with Gasteiger partial charge in [0.2, 0.25) is 5.88 Å². The van der Waals surface area contributed by atoms with Crippen molar-refractivity contribution in [1.82, 2.24) is 15.5 Å². The fraction of sp³-hybridized carbons (Fsp3) is 0.150. The van der Waals surface area contributed by atoms with E-state index in [1.807, 2.05) is 31.2 Å². The number of amides is 1. The van der Waals surface area contributed by atoms with Gasteiger partial charge in [0.1, 0.15) is 6.61 Å². The van der Waals surface area contributed by atoms with Gasteiger partial charge in [-0.05, 0) is 19.1 Å². The SMILES string of the molecule is Cc1ccc(-c2ccc(OCCNC(=O)c3cc([N+](=O)[O-])ccc3Cl)nn2)cc1. The number of non-ortho nitro benzene ring substituents is 1. The minimum atomic E-state index is -0.588. The number of carbonyl (C=O) groups is 1. The van der Waals surface area contributed by atoms with Crippen LogP contribution in [0, 0.1) is 17.0 Å². The summed E-state index contributed by atoms with van der Waals surface area (Å²) in [6.45, 7) is 2.33. The molecule has 0 aliphatic carbocycles. The molecule has 0 aliphatic heterocycles. The lowest BCUT2D eigenvalue weighted by Crippen LogP contribution is -2.28. The first kappa shape index (κ1) is 20.2. The summed E-state index contributed by atoms with van der Waals surface area (Å²) in [6.07, 6.45) is 0. The minimum Gasteiger partial charge on any atom is -0.475 e. The Balaban J connectivity index is 1.51. The molecule has 1 aromatic heterocycles. The molecule has 0 bridgehead atoms. The van der Waals surface area contributed by atoms with E-state index in [1.54, 1.807) is 12.1 Å². The zero-order valence-corrected chi connectivity index (χ0v) is 16.2. The second kappa shape index (κ2) is 9.11. The molecule has 9 heteroatoms.